The van der Waals surface area contributed by atoms with Gasteiger partial charge in [0.1, 0.15) is 26.2 Å². The number of epoxide rings is 1. The van der Waals surface area contributed by atoms with E-state index < -0.39 is 0 Å². The van der Waals surface area contributed by atoms with Crippen molar-refractivity contribution in [2.75, 3.05) is 6.61 Å². The Morgan fingerprint density at radius 3 is 2.33 bits per heavy atom. The van der Waals surface area contributed by atoms with E-state index in [-0.39, 0.29) is 30.9 Å². The second-order valence-corrected chi connectivity index (χ2v) is 2.39. The summed E-state index contributed by atoms with van der Waals surface area (Å²) in [5, 5.41) is 8.62. The average Bonchev–Trinajstić information content (AvgIpc) is 2.56. The van der Waals surface area contributed by atoms with E-state index in [0.29, 0.717) is 0 Å². The fourth-order valence-corrected chi connectivity index (χ4v) is 1.20. The summed E-state index contributed by atoms with van der Waals surface area (Å²) in [5.41, 5.74) is 0. The number of ether oxygens (including phenoxy) is 2. The predicted molar refractivity (Wildman–Crippen MR) is 30.2 cm³/mol. The van der Waals surface area contributed by atoms with Crippen LogP contribution in [0.4, 0.5) is 0 Å². The minimum atomic E-state index is -0.313. The Morgan fingerprint density at radius 1 is 1.33 bits per heavy atom. The topological polar surface area (TPSA) is 42.0 Å². The van der Waals surface area contributed by atoms with Gasteiger partial charge in [0, 0.05) is 6.00 Å². The molecule has 0 aromatic heterocycles. The van der Waals surface area contributed by atoms with Gasteiger partial charge < -0.3 is 14.6 Å². The zero-order valence-corrected chi connectivity index (χ0v) is 4.86. The molecule has 2 saturated heterocycles. The van der Waals surface area contributed by atoms with Crippen LogP contribution in [0.1, 0.15) is 0 Å². The van der Waals surface area contributed by atoms with Gasteiger partial charge in [-0.1, -0.05) is 0 Å². The molecule has 0 aromatic rings. The average molecular weight is 126 g/mol. The van der Waals surface area contributed by atoms with Crippen molar-refractivity contribution < 1.29 is 14.6 Å². The van der Waals surface area contributed by atoms with Gasteiger partial charge in [-0.3, -0.25) is 0 Å². The Morgan fingerprint density at radius 2 is 2.11 bits per heavy atom. The molecule has 1 N–H and O–H groups in total. The molecule has 2 radical (unpaired) electrons. The van der Waals surface area contributed by atoms with Crippen LogP contribution in [0.3, 0.4) is 0 Å². The highest BCUT2D eigenvalue weighted by Crippen LogP contribution is 2.37. The van der Waals surface area contributed by atoms with Crippen molar-refractivity contribution in [3.63, 3.8) is 0 Å². The highest BCUT2D eigenvalue weighted by molar-refractivity contribution is 6.12. The molecule has 0 aliphatic carbocycles. The van der Waals surface area contributed by atoms with Crippen LogP contribution < -0.4 is 0 Å². The van der Waals surface area contributed by atoms with Crippen molar-refractivity contribution in [2.24, 2.45) is 0 Å². The Kier molecular flexibility index (Phi) is 1.09. The summed E-state index contributed by atoms with van der Waals surface area (Å²) < 4.78 is 10.1. The second kappa shape index (κ2) is 1.72. The standard InChI is InChI=1S/C5H7BO3/c6-5-4-3(9-4)2(1-7)8-5/h2-5,7H,1H2/t2-,3+,4+,5-/m1/s1. The van der Waals surface area contributed by atoms with Gasteiger partial charge in [-0.15, -0.1) is 0 Å². The summed E-state index contributed by atoms with van der Waals surface area (Å²) in [5.74, 6) is 0. The van der Waals surface area contributed by atoms with E-state index in [9.17, 15) is 0 Å². The van der Waals surface area contributed by atoms with E-state index in [4.69, 9.17) is 22.4 Å². The van der Waals surface area contributed by atoms with Crippen LogP contribution in [0.5, 0.6) is 0 Å². The number of hydrogen-bond acceptors (Lipinski definition) is 3. The van der Waals surface area contributed by atoms with Gasteiger partial charge >= 0.3 is 0 Å². The molecular weight excluding hydrogens is 119 g/mol. The van der Waals surface area contributed by atoms with E-state index in [0.717, 1.165) is 0 Å². The molecule has 2 aliphatic heterocycles. The third-order valence-corrected chi connectivity index (χ3v) is 1.76. The molecule has 0 spiro atoms. The lowest BCUT2D eigenvalue weighted by Crippen LogP contribution is -2.22. The van der Waals surface area contributed by atoms with Crippen LogP contribution in [-0.2, 0) is 9.47 Å². The molecule has 2 fully saturated rings. The molecule has 0 saturated carbocycles. The van der Waals surface area contributed by atoms with Crippen LogP contribution in [0, 0.1) is 0 Å². The van der Waals surface area contributed by atoms with Crippen LogP contribution in [-0.4, -0.2) is 43.9 Å². The fraction of sp³-hybridized carbons (Fsp3) is 1.00. The molecule has 0 aromatic carbocycles. The highest BCUT2D eigenvalue weighted by Gasteiger charge is 2.55. The maximum absolute atomic E-state index is 8.62. The Labute approximate surface area is 54.4 Å². The van der Waals surface area contributed by atoms with Crippen molar-refractivity contribution in [3.8, 4) is 0 Å². The van der Waals surface area contributed by atoms with Gasteiger partial charge in [-0.05, 0) is 0 Å². The lowest BCUT2D eigenvalue weighted by Gasteiger charge is -2.10. The summed E-state index contributed by atoms with van der Waals surface area (Å²) in [6.07, 6.45) is -0.0443. The van der Waals surface area contributed by atoms with Crippen molar-refractivity contribution in [1.82, 2.24) is 0 Å². The first-order valence-corrected chi connectivity index (χ1v) is 3.00. The van der Waals surface area contributed by atoms with Gasteiger partial charge in [0.2, 0.25) is 0 Å². The van der Waals surface area contributed by atoms with Gasteiger partial charge in [-0.25, -0.2) is 0 Å². The predicted octanol–water partition coefficient (Wildman–Crippen LogP) is -1.36. The van der Waals surface area contributed by atoms with Gasteiger partial charge in [0.05, 0.1) is 6.61 Å². The van der Waals surface area contributed by atoms with E-state index in [1.807, 2.05) is 0 Å². The third-order valence-electron chi connectivity index (χ3n) is 1.76. The van der Waals surface area contributed by atoms with Crippen LogP contribution in [0.15, 0.2) is 0 Å². The van der Waals surface area contributed by atoms with E-state index in [1.165, 1.54) is 0 Å². The first kappa shape index (κ1) is 5.71. The van der Waals surface area contributed by atoms with E-state index >= 15 is 0 Å². The Hall–Kier alpha value is -0.0551. The fourth-order valence-electron chi connectivity index (χ4n) is 1.20. The third kappa shape index (κ3) is 0.706. The number of aliphatic hydroxyl groups excluding tert-OH is 1. The molecule has 48 valence electrons. The van der Waals surface area contributed by atoms with Crippen LogP contribution in [0.2, 0.25) is 0 Å². The summed E-state index contributed by atoms with van der Waals surface area (Å²) in [6, 6.07) is -0.313. The van der Waals surface area contributed by atoms with Crippen molar-refractivity contribution in [1.29, 1.82) is 0 Å². The van der Waals surface area contributed by atoms with Crippen molar-refractivity contribution >= 4 is 7.85 Å². The molecule has 2 heterocycles. The summed E-state index contributed by atoms with van der Waals surface area (Å²) in [4.78, 5) is 0. The minimum Gasteiger partial charge on any atom is -0.394 e. The minimum absolute atomic E-state index is 0.00880. The molecule has 2 rings (SSSR count). The molecule has 4 heteroatoms. The zero-order chi connectivity index (χ0) is 6.43. The summed E-state index contributed by atoms with van der Waals surface area (Å²) in [6.45, 7) is 0.00880. The van der Waals surface area contributed by atoms with Gasteiger partial charge in [0.15, 0.2) is 0 Å². The lowest BCUT2D eigenvalue weighted by atomic mass is 9.97. The summed E-state index contributed by atoms with van der Waals surface area (Å²) in [7, 11) is 5.43. The van der Waals surface area contributed by atoms with Gasteiger partial charge in [-0.2, -0.15) is 0 Å². The van der Waals surface area contributed by atoms with Crippen LogP contribution >= 0.6 is 0 Å². The Balaban J connectivity index is 2.00. The molecular formula is C5H7BO3. The normalized spacial score (nSPS) is 55.2. The lowest BCUT2D eigenvalue weighted by molar-refractivity contribution is -0.0205. The maximum Gasteiger partial charge on any atom is 0.114 e. The largest absolute Gasteiger partial charge is 0.394 e. The highest BCUT2D eigenvalue weighted by atomic mass is 16.7. The first-order chi connectivity index (χ1) is 4.33. The van der Waals surface area contributed by atoms with Crippen LogP contribution in [0.25, 0.3) is 0 Å². The SMILES string of the molecule is [B][C@@H]1O[C@H](CO)[C@@H]2O[C@@H]21. The van der Waals surface area contributed by atoms with E-state index in [2.05, 4.69) is 0 Å². The van der Waals surface area contributed by atoms with Crippen molar-refractivity contribution in [3.05, 3.63) is 0 Å². The quantitative estimate of drug-likeness (QED) is 0.348. The molecule has 9 heavy (non-hydrogen) atoms. The smallest absolute Gasteiger partial charge is 0.114 e. The molecule has 0 unspecified atom stereocenters. The molecule has 0 amide bonds. The summed E-state index contributed by atoms with van der Waals surface area (Å²) >= 11 is 0. The van der Waals surface area contributed by atoms with Gasteiger partial charge in [0.25, 0.3) is 0 Å². The molecule has 2 aliphatic rings. The number of fused-ring (bicyclic) bond motifs is 1. The zero-order valence-electron chi connectivity index (χ0n) is 4.86. The molecule has 3 nitrogen and oxygen atoms in total. The second-order valence-electron chi connectivity index (χ2n) is 2.39. The molecule has 0 bridgehead atoms. The number of hydrogen-bond donors (Lipinski definition) is 1. The first-order valence-electron chi connectivity index (χ1n) is 3.00. The van der Waals surface area contributed by atoms with E-state index in [1.54, 1.807) is 0 Å². The number of rotatable bonds is 1. The maximum atomic E-state index is 8.62. The van der Waals surface area contributed by atoms with Crippen molar-refractivity contribution in [2.45, 2.75) is 24.3 Å². The molecule has 4 atom stereocenters. The monoisotopic (exact) mass is 126 g/mol. The number of aliphatic hydroxyl groups is 1. The Bertz CT molecular complexity index is 129.